The second-order valence-corrected chi connectivity index (χ2v) is 13.0. The first-order valence-electron chi connectivity index (χ1n) is 15.7. The molecule has 246 valence electrons. The smallest absolute Gasteiger partial charge is 0.337 e. The average molecular weight is 678 g/mol. The number of pyridine rings is 1. The number of carbonyl (C=O) groups excluding carboxylic acids is 1. The quantitative estimate of drug-likeness (QED) is 0.156. The Kier molecular flexibility index (Phi) is 10.1. The molecule has 0 amide bonds. The van der Waals surface area contributed by atoms with Gasteiger partial charge in [-0.25, -0.2) is 14.8 Å². The van der Waals surface area contributed by atoms with Gasteiger partial charge in [0.25, 0.3) is 0 Å². The number of fused-ring (bicyclic) bond motifs is 1. The number of ether oxygens (including phenoxy) is 2. The highest BCUT2D eigenvalue weighted by molar-refractivity contribution is 6.35. The zero-order valence-electron chi connectivity index (χ0n) is 26.5. The SMILES string of the molecule is CCn1cncc1Cn1c(CN2CCC(CO)(Cc3ccnc(COc4ccc(Cl)cc4Cl)c3)CC2)nc2ccc(C(=O)OC)cc21. The van der Waals surface area contributed by atoms with Gasteiger partial charge in [-0.3, -0.25) is 9.88 Å². The third kappa shape index (κ3) is 7.46. The molecule has 0 aliphatic carbocycles. The van der Waals surface area contributed by atoms with Gasteiger partial charge in [0.2, 0.25) is 0 Å². The standard InChI is InChI=1S/C35H38Cl2N6O4/c1-3-42-23-38-18-28(42)19-43-31-15-25(34(45)46-2)4-6-30(31)40-33(43)20-41-12-9-35(22-44,10-13-41)17-24-8-11-39-27(14-24)21-47-32-7-5-26(36)16-29(32)37/h4-8,11,14-16,18,23,44H,3,9-10,12-13,17,19-22H2,1-2H3. The predicted octanol–water partition coefficient (Wildman–Crippen LogP) is 6.19. The molecule has 0 unspecified atom stereocenters. The van der Waals surface area contributed by atoms with Crippen molar-refractivity contribution in [2.75, 3.05) is 26.8 Å². The van der Waals surface area contributed by atoms with E-state index in [1.807, 2.05) is 36.8 Å². The molecule has 10 nitrogen and oxygen atoms in total. The largest absolute Gasteiger partial charge is 0.486 e. The van der Waals surface area contributed by atoms with Gasteiger partial charge >= 0.3 is 5.97 Å². The van der Waals surface area contributed by atoms with Crippen molar-refractivity contribution in [3.05, 3.63) is 106 Å². The van der Waals surface area contributed by atoms with Gasteiger partial charge in [0.1, 0.15) is 18.2 Å². The molecule has 1 aliphatic heterocycles. The molecule has 47 heavy (non-hydrogen) atoms. The molecule has 0 saturated carbocycles. The highest BCUT2D eigenvalue weighted by Gasteiger charge is 2.35. The molecule has 5 aromatic rings. The number of esters is 1. The number of carbonyl (C=O) groups is 1. The minimum Gasteiger partial charge on any atom is -0.486 e. The number of nitrogens with zero attached hydrogens (tertiary/aromatic N) is 6. The van der Waals surface area contributed by atoms with Crippen LogP contribution in [0.4, 0.5) is 0 Å². The normalized spacial score (nSPS) is 14.8. The van der Waals surface area contributed by atoms with E-state index in [1.165, 1.54) is 7.11 Å². The molecule has 0 radical (unpaired) electrons. The number of imidazole rings is 2. The number of methoxy groups -OCH3 is 1. The average Bonchev–Trinajstić information content (AvgIpc) is 3.68. The number of hydrogen-bond donors (Lipinski definition) is 1. The van der Waals surface area contributed by atoms with Crippen molar-refractivity contribution >= 4 is 40.2 Å². The number of benzene rings is 2. The van der Waals surface area contributed by atoms with Gasteiger partial charge in [0, 0.05) is 30.6 Å². The summed E-state index contributed by atoms with van der Waals surface area (Å²) in [6.45, 7) is 6.14. The van der Waals surface area contributed by atoms with Crippen LogP contribution < -0.4 is 4.74 Å². The highest BCUT2D eigenvalue weighted by Crippen LogP contribution is 2.36. The Morgan fingerprint density at radius 1 is 1.06 bits per heavy atom. The van der Waals surface area contributed by atoms with E-state index in [9.17, 15) is 9.90 Å². The van der Waals surface area contributed by atoms with E-state index in [-0.39, 0.29) is 24.6 Å². The van der Waals surface area contributed by atoms with Gasteiger partial charge in [-0.2, -0.15) is 0 Å². The van der Waals surface area contributed by atoms with Crippen molar-refractivity contribution in [1.82, 2.24) is 29.0 Å². The van der Waals surface area contributed by atoms with Crippen molar-refractivity contribution < 1.29 is 19.4 Å². The van der Waals surface area contributed by atoms with Crippen LogP contribution in [0.1, 0.15) is 52.9 Å². The number of aryl methyl sites for hydroxylation is 1. The van der Waals surface area contributed by atoms with Crippen molar-refractivity contribution in [2.24, 2.45) is 5.41 Å². The Labute approximate surface area is 283 Å². The van der Waals surface area contributed by atoms with Crippen LogP contribution in [0.25, 0.3) is 11.0 Å². The fourth-order valence-electron chi connectivity index (χ4n) is 6.31. The van der Waals surface area contributed by atoms with Gasteiger partial charge in [-0.15, -0.1) is 0 Å². The number of aliphatic hydroxyl groups excluding tert-OH is 1. The molecular formula is C35H38Cl2N6O4. The second-order valence-electron chi connectivity index (χ2n) is 12.1. The monoisotopic (exact) mass is 676 g/mol. The third-order valence-electron chi connectivity index (χ3n) is 9.05. The number of halogens is 2. The highest BCUT2D eigenvalue weighted by atomic mass is 35.5. The molecule has 1 aliphatic rings. The Bertz CT molecular complexity index is 1860. The van der Waals surface area contributed by atoms with E-state index in [4.69, 9.17) is 37.7 Å². The van der Waals surface area contributed by atoms with E-state index in [1.54, 1.807) is 30.5 Å². The molecule has 0 bridgehead atoms. The Morgan fingerprint density at radius 3 is 2.64 bits per heavy atom. The number of piperidine rings is 1. The van der Waals surface area contributed by atoms with Gasteiger partial charge in [-0.1, -0.05) is 23.2 Å². The van der Waals surface area contributed by atoms with E-state index >= 15 is 0 Å². The lowest BCUT2D eigenvalue weighted by Crippen LogP contribution is -2.43. The first-order valence-corrected chi connectivity index (χ1v) is 16.5. The predicted molar refractivity (Wildman–Crippen MR) is 181 cm³/mol. The van der Waals surface area contributed by atoms with Crippen molar-refractivity contribution in [3.8, 4) is 5.75 Å². The Morgan fingerprint density at radius 2 is 1.89 bits per heavy atom. The zero-order valence-corrected chi connectivity index (χ0v) is 28.0. The molecule has 0 spiro atoms. The molecule has 2 aromatic carbocycles. The van der Waals surface area contributed by atoms with E-state index < -0.39 is 0 Å². The summed E-state index contributed by atoms with van der Waals surface area (Å²) in [6.07, 6.45) is 7.92. The van der Waals surface area contributed by atoms with Gasteiger partial charge in [0.15, 0.2) is 0 Å². The first-order chi connectivity index (χ1) is 22.8. The fourth-order valence-corrected chi connectivity index (χ4v) is 6.77. The van der Waals surface area contributed by atoms with Crippen LogP contribution in [-0.4, -0.2) is 66.9 Å². The molecule has 1 saturated heterocycles. The lowest BCUT2D eigenvalue weighted by molar-refractivity contribution is 0.0401. The minimum absolute atomic E-state index is 0.102. The Balaban J connectivity index is 1.15. The Hall–Kier alpha value is -3.96. The van der Waals surface area contributed by atoms with Crippen LogP contribution in [0.15, 0.2) is 67.3 Å². The third-order valence-corrected chi connectivity index (χ3v) is 9.58. The summed E-state index contributed by atoms with van der Waals surface area (Å²) >= 11 is 12.3. The van der Waals surface area contributed by atoms with Crippen molar-refractivity contribution in [2.45, 2.75) is 52.4 Å². The van der Waals surface area contributed by atoms with Crippen molar-refractivity contribution in [3.63, 3.8) is 0 Å². The molecule has 12 heteroatoms. The molecule has 3 aromatic heterocycles. The summed E-state index contributed by atoms with van der Waals surface area (Å²) in [5.74, 6) is 1.09. The van der Waals surface area contributed by atoms with Crippen LogP contribution >= 0.6 is 23.2 Å². The maximum atomic E-state index is 12.3. The summed E-state index contributed by atoms with van der Waals surface area (Å²) in [5, 5.41) is 11.6. The lowest BCUT2D eigenvalue weighted by Gasteiger charge is -2.41. The van der Waals surface area contributed by atoms with Gasteiger partial charge in [-0.05, 0) is 98.8 Å². The first kappa shape index (κ1) is 33.0. The maximum Gasteiger partial charge on any atom is 0.337 e. The van der Waals surface area contributed by atoms with Crippen molar-refractivity contribution in [1.29, 1.82) is 0 Å². The lowest BCUT2D eigenvalue weighted by atomic mass is 9.74. The summed E-state index contributed by atoms with van der Waals surface area (Å²) in [6, 6.07) is 14.7. The number of aliphatic hydroxyl groups is 1. The molecule has 1 fully saturated rings. The fraction of sp³-hybridized carbons (Fsp3) is 0.371. The molecule has 1 N–H and O–H groups in total. The number of hydrogen-bond acceptors (Lipinski definition) is 8. The second kappa shape index (κ2) is 14.4. The molecular weight excluding hydrogens is 639 g/mol. The van der Waals surface area contributed by atoms with Crippen LogP contribution in [0, 0.1) is 5.41 Å². The number of rotatable bonds is 12. The van der Waals surface area contributed by atoms with Crippen LogP contribution in [-0.2, 0) is 37.4 Å². The van der Waals surface area contributed by atoms with E-state index in [2.05, 4.69) is 30.9 Å². The molecule has 4 heterocycles. The van der Waals surface area contributed by atoms with Gasteiger partial charge < -0.3 is 23.7 Å². The topological polar surface area (TPSA) is 108 Å². The zero-order chi connectivity index (χ0) is 33.0. The molecule has 6 rings (SSSR count). The molecule has 0 atom stereocenters. The van der Waals surface area contributed by atoms with Crippen LogP contribution in [0.2, 0.25) is 10.0 Å². The summed E-state index contributed by atoms with van der Waals surface area (Å²) in [7, 11) is 1.39. The summed E-state index contributed by atoms with van der Waals surface area (Å²) < 4.78 is 15.2. The van der Waals surface area contributed by atoms with E-state index in [0.29, 0.717) is 34.4 Å². The number of likely N-dealkylation sites (tertiary alicyclic amines) is 1. The minimum atomic E-state index is -0.379. The number of aromatic nitrogens is 5. The van der Waals surface area contributed by atoms with Crippen LogP contribution in [0.5, 0.6) is 5.75 Å². The van der Waals surface area contributed by atoms with Gasteiger partial charge in [0.05, 0.1) is 59.5 Å². The summed E-state index contributed by atoms with van der Waals surface area (Å²) in [5.41, 5.74) is 4.92. The van der Waals surface area contributed by atoms with Crippen LogP contribution in [0.3, 0.4) is 0 Å². The maximum absolute atomic E-state index is 12.3. The summed E-state index contributed by atoms with van der Waals surface area (Å²) in [4.78, 5) is 28.6. The van der Waals surface area contributed by atoms with E-state index in [0.717, 1.165) is 72.7 Å².